The maximum atomic E-state index is 11.4. The van der Waals surface area contributed by atoms with Crippen molar-refractivity contribution < 1.29 is 44.0 Å². The van der Waals surface area contributed by atoms with Gasteiger partial charge in [-0.15, -0.1) is 29.3 Å². The molecular formula is C54H52N3OPt-. The van der Waals surface area contributed by atoms with Crippen LogP contribution < -0.4 is 0 Å². The zero-order chi connectivity index (χ0) is 52.0. The Bertz CT molecular complexity index is 3300. The van der Waals surface area contributed by atoms with Crippen LogP contribution in [0.4, 0.5) is 0 Å². The molecule has 1 N–H and O–H groups in total. The van der Waals surface area contributed by atoms with Crippen molar-refractivity contribution in [3.63, 3.8) is 0 Å². The summed E-state index contributed by atoms with van der Waals surface area (Å²) < 4.78 is 112. The molecule has 0 saturated heterocycles. The fraction of sp³-hybridized carbons (Fsp3) is 0.222. The Kier molecular flexibility index (Phi) is 7.54. The molecule has 0 spiro atoms. The van der Waals surface area contributed by atoms with E-state index < -0.39 is 61.1 Å². The van der Waals surface area contributed by atoms with Crippen LogP contribution in [0.1, 0.15) is 96.6 Å². The summed E-state index contributed by atoms with van der Waals surface area (Å²) in [7, 11) is 0. The topological polar surface area (TPSA) is 50.9 Å². The third kappa shape index (κ3) is 8.34. The zero-order valence-electron chi connectivity index (χ0n) is 46.7. The average molecular weight is 967 g/mol. The number of para-hydroxylation sites is 2. The number of hydrogen-bond acceptors (Lipinski definition) is 3. The summed E-state index contributed by atoms with van der Waals surface area (Å²) in [4.78, 5) is 10.0. The average Bonchev–Trinajstić information content (AvgIpc) is 3.67. The van der Waals surface area contributed by atoms with Gasteiger partial charge in [0.05, 0.1) is 27.8 Å². The molecule has 0 aliphatic rings. The van der Waals surface area contributed by atoms with Crippen molar-refractivity contribution in [3.05, 3.63) is 168 Å². The number of phenols is 1. The first kappa shape index (κ1) is 28.0. The van der Waals surface area contributed by atoms with Crippen molar-refractivity contribution in [3.8, 4) is 67.5 Å². The number of nitrogens with zero attached hydrogens (tertiary/aromatic N) is 3. The van der Waals surface area contributed by atoms with Crippen molar-refractivity contribution in [2.45, 2.75) is 78.3 Å². The van der Waals surface area contributed by atoms with Crippen molar-refractivity contribution >= 4 is 11.0 Å². The molecule has 5 heteroatoms. The van der Waals surface area contributed by atoms with E-state index in [0.717, 1.165) is 33.5 Å². The summed E-state index contributed by atoms with van der Waals surface area (Å²) >= 11 is 0. The predicted octanol–water partition coefficient (Wildman–Crippen LogP) is 14.2. The van der Waals surface area contributed by atoms with Gasteiger partial charge in [-0.25, -0.2) is 4.98 Å². The molecule has 0 unspecified atom stereocenters. The molecule has 8 aromatic rings. The van der Waals surface area contributed by atoms with E-state index in [0.29, 0.717) is 39.3 Å². The number of fused-ring (bicyclic) bond motifs is 1. The van der Waals surface area contributed by atoms with Crippen molar-refractivity contribution in [1.29, 1.82) is 0 Å². The van der Waals surface area contributed by atoms with Crippen LogP contribution in [-0.4, -0.2) is 19.6 Å². The molecule has 2 heterocycles. The van der Waals surface area contributed by atoms with Gasteiger partial charge in [-0.2, -0.15) is 0 Å². The zero-order valence-corrected chi connectivity index (χ0v) is 35.9. The van der Waals surface area contributed by atoms with Gasteiger partial charge in [-0.1, -0.05) is 164 Å². The smallest absolute Gasteiger partial charge is 0.148 e. The number of pyridine rings is 1. The molecule has 59 heavy (non-hydrogen) atoms. The van der Waals surface area contributed by atoms with E-state index in [1.807, 2.05) is 60.7 Å². The summed E-state index contributed by atoms with van der Waals surface area (Å²) in [6, 6.07) is 36.2. The monoisotopic (exact) mass is 966 g/mol. The van der Waals surface area contributed by atoms with E-state index >= 15 is 0 Å². The van der Waals surface area contributed by atoms with Gasteiger partial charge in [-0.3, -0.25) is 9.55 Å². The van der Waals surface area contributed by atoms with Crippen LogP contribution in [-0.2, 0) is 37.3 Å². The molecule has 300 valence electrons. The molecule has 0 aliphatic heterocycles. The molecule has 0 amide bonds. The van der Waals surface area contributed by atoms with Gasteiger partial charge in [0, 0.05) is 50.9 Å². The van der Waals surface area contributed by atoms with Crippen molar-refractivity contribution in [2.24, 2.45) is 0 Å². The standard InChI is InChI=1S/C54H52N3O.Pt/c1-52(2,3)40-24-22-35(23-25-40)37-28-29-55-46(33-37)39-30-38(31-42(32-39)54(7,8)9)43-19-15-20-48-50(43)56-51(44-18-13-14-21-49(44)58)57(48)47-27-26-41(53(4,5)6)34-45(47)36-16-11-10-12-17-36;/h10-29,31-34,58H,1-9H3;/q-1;/i1D3,2D3,3D3,22D,23D,24D,25D;. The van der Waals surface area contributed by atoms with Crippen molar-refractivity contribution in [1.82, 2.24) is 14.5 Å². The minimum Gasteiger partial charge on any atom is -0.507 e. The minimum atomic E-state index is -3.80. The molecular weight excluding hydrogens is 902 g/mol. The van der Waals surface area contributed by atoms with Gasteiger partial charge in [0.1, 0.15) is 11.6 Å². The van der Waals surface area contributed by atoms with Gasteiger partial charge in [0.25, 0.3) is 0 Å². The van der Waals surface area contributed by atoms with Crippen molar-refractivity contribution in [2.75, 3.05) is 0 Å². The van der Waals surface area contributed by atoms with E-state index in [1.54, 1.807) is 12.1 Å². The first-order valence-corrected chi connectivity index (χ1v) is 19.1. The van der Waals surface area contributed by atoms with Crippen LogP contribution in [0, 0.1) is 6.07 Å². The summed E-state index contributed by atoms with van der Waals surface area (Å²) in [6.07, 6.45) is 1.41. The van der Waals surface area contributed by atoms with E-state index in [9.17, 15) is 5.11 Å². The van der Waals surface area contributed by atoms with Gasteiger partial charge in [-0.05, 0) is 80.5 Å². The summed E-state index contributed by atoms with van der Waals surface area (Å²) in [6.45, 7) is 1.27. The Hall–Kier alpha value is -5.57. The van der Waals surface area contributed by atoms with Gasteiger partial charge < -0.3 is 5.11 Å². The first-order chi connectivity index (χ1) is 33.0. The molecule has 0 aliphatic carbocycles. The first-order valence-electron chi connectivity index (χ1n) is 25.6. The maximum Gasteiger partial charge on any atom is 0.148 e. The second-order valence-corrected chi connectivity index (χ2v) is 16.7. The van der Waals surface area contributed by atoms with Gasteiger partial charge >= 0.3 is 0 Å². The second-order valence-electron chi connectivity index (χ2n) is 16.7. The van der Waals surface area contributed by atoms with E-state index in [1.165, 1.54) is 18.3 Å². The molecule has 0 radical (unpaired) electrons. The number of imidazole rings is 1. The van der Waals surface area contributed by atoms with Crippen LogP contribution in [0.3, 0.4) is 0 Å². The van der Waals surface area contributed by atoms with Crippen LogP contribution in [0.15, 0.2) is 146 Å². The number of benzene rings is 6. The molecule has 8 rings (SSSR count). The molecule has 0 atom stereocenters. The van der Waals surface area contributed by atoms with E-state index in [4.69, 9.17) is 22.8 Å². The predicted molar refractivity (Wildman–Crippen MR) is 243 cm³/mol. The number of aromatic hydroxyl groups is 1. The molecule has 0 fully saturated rings. The Balaban J connectivity index is 0.00000760. The molecule has 6 aromatic carbocycles. The summed E-state index contributed by atoms with van der Waals surface area (Å²) in [5.41, 5.74) is 3.14. The third-order valence-corrected chi connectivity index (χ3v) is 10.4. The SMILES string of the molecule is [2H]c1c([2H])c(C(C([2H])([2H])[2H])(C([2H])([2H])[2H])C([2H])([2H])[2H])c([2H])c([2H])c1-c1ccnc(-c2[c-]c(-c3cccc4c3nc(-c3ccccc3O)n4-c3ccc(C(C)(C)C)cc3-c3ccccc3)cc(C(C)(C)C)c2)c1.[Pt]. The number of hydrogen-bond donors (Lipinski definition) is 1. The fourth-order valence-corrected chi connectivity index (χ4v) is 7.11. The Morgan fingerprint density at radius 2 is 1.27 bits per heavy atom. The Morgan fingerprint density at radius 1 is 0.593 bits per heavy atom. The number of rotatable bonds is 6. The van der Waals surface area contributed by atoms with E-state index in [2.05, 4.69) is 87.5 Å². The quantitative estimate of drug-likeness (QED) is 0.169. The maximum absolute atomic E-state index is 11.4. The second kappa shape index (κ2) is 15.9. The Labute approximate surface area is 382 Å². The fourth-order valence-electron chi connectivity index (χ4n) is 7.11. The molecule has 2 aromatic heterocycles. The van der Waals surface area contributed by atoms with Crippen LogP contribution in [0.2, 0.25) is 0 Å². The minimum absolute atomic E-state index is 0. The number of aromatic nitrogens is 3. The van der Waals surface area contributed by atoms with Crippen LogP contribution in [0.5, 0.6) is 5.75 Å². The third-order valence-electron chi connectivity index (χ3n) is 10.4. The summed E-state index contributed by atoms with van der Waals surface area (Å²) in [5.74, 6) is 0.558. The molecule has 4 nitrogen and oxygen atoms in total. The Morgan fingerprint density at radius 3 is 1.97 bits per heavy atom. The summed E-state index contributed by atoms with van der Waals surface area (Å²) in [5, 5.41) is 11.4. The number of phenolic OH excluding ortho intramolecular Hbond substituents is 1. The van der Waals surface area contributed by atoms with Gasteiger partial charge in [0.15, 0.2) is 0 Å². The molecule has 0 saturated carbocycles. The molecule has 0 bridgehead atoms. The normalized spacial score (nSPS) is 15.9. The van der Waals surface area contributed by atoms with Crippen LogP contribution >= 0.6 is 0 Å². The van der Waals surface area contributed by atoms with E-state index in [-0.39, 0.29) is 43.4 Å². The van der Waals surface area contributed by atoms with Crippen LogP contribution in [0.25, 0.3) is 72.7 Å². The van der Waals surface area contributed by atoms with Gasteiger partial charge in [0.2, 0.25) is 0 Å². The largest absolute Gasteiger partial charge is 0.507 e.